The molecule has 0 aliphatic carbocycles. The number of rotatable bonds is 3. The van der Waals surface area contributed by atoms with Gasteiger partial charge >= 0.3 is 6.03 Å². The molecule has 0 saturated heterocycles. The lowest BCUT2D eigenvalue weighted by atomic mass is 10.6. The number of aromatic nitrogens is 4. The number of tetrazole rings is 1. The Labute approximate surface area is 72.9 Å². The minimum atomic E-state index is -0.561. The maximum Gasteiger partial charge on any atom is 0.312 e. The van der Waals surface area contributed by atoms with Gasteiger partial charge in [0.15, 0.2) is 0 Å². The van der Waals surface area contributed by atoms with Gasteiger partial charge in [-0.05, 0) is 17.4 Å². The summed E-state index contributed by atoms with van der Waals surface area (Å²) in [5, 5.41) is 12.2. The highest BCUT2D eigenvalue weighted by Crippen LogP contribution is 1.76. The molecule has 0 radical (unpaired) electrons. The predicted molar refractivity (Wildman–Crippen MR) is 42.8 cm³/mol. The molecule has 0 fully saturated rings. The van der Waals surface area contributed by atoms with Crippen LogP contribution in [-0.2, 0) is 6.54 Å². The van der Waals surface area contributed by atoms with Crippen LogP contribution in [0.15, 0.2) is 0 Å². The molecule has 0 aliphatic heterocycles. The smallest absolute Gasteiger partial charge is 0.312 e. The normalized spacial score (nSPS) is 9.67. The Balaban J connectivity index is 2.33. The molecule has 4 N–H and O–H groups in total. The van der Waals surface area contributed by atoms with Crippen LogP contribution < -0.4 is 11.1 Å². The zero-order valence-electron chi connectivity index (χ0n) is 6.15. The predicted octanol–water partition coefficient (Wildman–Crippen LogP) is -0.996. The van der Waals surface area contributed by atoms with Gasteiger partial charge in [-0.25, -0.2) is 4.79 Å². The zero-order valence-corrected chi connectivity index (χ0v) is 6.97. The Morgan fingerprint density at radius 3 is 3.08 bits per heavy atom. The van der Waals surface area contributed by atoms with Crippen LogP contribution in [-0.4, -0.2) is 32.8 Å². The first-order valence-corrected chi connectivity index (χ1v) is 3.62. The summed E-state index contributed by atoms with van der Waals surface area (Å²) in [6, 6.07) is -0.561. The summed E-state index contributed by atoms with van der Waals surface area (Å²) in [5.74, 6) is 0. The van der Waals surface area contributed by atoms with E-state index in [0.717, 1.165) is 0 Å². The van der Waals surface area contributed by atoms with Gasteiger partial charge in [0.2, 0.25) is 4.77 Å². The molecule has 1 rings (SSSR count). The fourth-order valence-electron chi connectivity index (χ4n) is 0.635. The molecule has 0 unspecified atom stereocenters. The first-order chi connectivity index (χ1) is 5.68. The van der Waals surface area contributed by atoms with Gasteiger partial charge in [-0.15, -0.1) is 0 Å². The maximum absolute atomic E-state index is 10.2. The zero-order chi connectivity index (χ0) is 8.97. The molecular formula is C4H8N6OS. The number of nitrogens with two attached hydrogens (primary N) is 1. The number of carbonyl (C=O) groups is 1. The summed E-state index contributed by atoms with van der Waals surface area (Å²) in [4.78, 5) is 11.6. The van der Waals surface area contributed by atoms with Crippen LogP contribution in [0, 0.1) is 4.77 Å². The van der Waals surface area contributed by atoms with Gasteiger partial charge < -0.3 is 11.1 Å². The molecule has 0 saturated carbocycles. The van der Waals surface area contributed by atoms with Crippen LogP contribution in [0.1, 0.15) is 0 Å². The fourth-order valence-corrected chi connectivity index (χ4v) is 0.777. The molecule has 1 aromatic rings. The topological polar surface area (TPSA) is 102 Å². The number of amides is 2. The van der Waals surface area contributed by atoms with Gasteiger partial charge in [-0.1, -0.05) is 5.10 Å². The molecule has 12 heavy (non-hydrogen) atoms. The Morgan fingerprint density at radius 2 is 2.58 bits per heavy atom. The number of nitrogens with one attached hydrogen (secondary N) is 2. The molecule has 0 spiro atoms. The third kappa shape index (κ3) is 2.66. The lowest BCUT2D eigenvalue weighted by Crippen LogP contribution is -2.32. The number of aromatic amines is 1. The standard InChI is InChI=1S/C4H8N6OS/c5-3(11)6-1-2-10-8-4(12)7-9-10/h1-2H2,(H,8,12)(H3,5,6,11). The van der Waals surface area contributed by atoms with Gasteiger partial charge in [0.1, 0.15) is 0 Å². The van der Waals surface area contributed by atoms with E-state index in [9.17, 15) is 4.79 Å². The molecule has 7 nitrogen and oxygen atoms in total. The number of urea groups is 1. The van der Waals surface area contributed by atoms with Gasteiger partial charge in [0.25, 0.3) is 0 Å². The van der Waals surface area contributed by atoms with E-state index in [0.29, 0.717) is 17.9 Å². The molecule has 1 heterocycles. The molecule has 2 amide bonds. The second kappa shape index (κ2) is 3.81. The minimum absolute atomic E-state index is 0.314. The number of H-pyrrole nitrogens is 1. The van der Waals surface area contributed by atoms with Crippen molar-refractivity contribution in [3.05, 3.63) is 4.77 Å². The van der Waals surface area contributed by atoms with Gasteiger partial charge in [0.05, 0.1) is 6.54 Å². The van der Waals surface area contributed by atoms with Crippen LogP contribution in [0.4, 0.5) is 4.79 Å². The molecule has 0 bridgehead atoms. The first-order valence-electron chi connectivity index (χ1n) is 3.21. The Kier molecular flexibility index (Phi) is 2.75. The average Bonchev–Trinajstić information content (AvgIpc) is 2.35. The highest BCUT2D eigenvalue weighted by atomic mass is 32.1. The number of nitrogens with zero attached hydrogens (tertiary/aromatic N) is 3. The second-order valence-electron chi connectivity index (χ2n) is 2.02. The van der Waals surface area contributed by atoms with E-state index < -0.39 is 6.03 Å². The van der Waals surface area contributed by atoms with Crippen molar-refractivity contribution < 1.29 is 4.79 Å². The first kappa shape index (κ1) is 8.65. The van der Waals surface area contributed by atoms with Gasteiger partial charge in [0, 0.05) is 6.54 Å². The minimum Gasteiger partial charge on any atom is -0.352 e. The summed E-state index contributed by atoms with van der Waals surface area (Å²) in [6.07, 6.45) is 0. The molecule has 66 valence electrons. The van der Waals surface area contributed by atoms with Crippen molar-refractivity contribution in [2.24, 2.45) is 5.73 Å². The molecule has 0 atom stereocenters. The third-order valence-corrected chi connectivity index (χ3v) is 1.26. The summed E-state index contributed by atoms with van der Waals surface area (Å²) >= 11 is 4.67. The quantitative estimate of drug-likeness (QED) is 0.530. The van der Waals surface area contributed by atoms with Crippen molar-refractivity contribution >= 4 is 18.2 Å². The summed E-state index contributed by atoms with van der Waals surface area (Å²) in [7, 11) is 0. The van der Waals surface area contributed by atoms with Crippen LogP contribution in [0.2, 0.25) is 0 Å². The number of hydrogen-bond acceptors (Lipinski definition) is 4. The molecular weight excluding hydrogens is 180 g/mol. The van der Waals surface area contributed by atoms with Crippen LogP contribution in [0.3, 0.4) is 0 Å². The lowest BCUT2D eigenvalue weighted by Gasteiger charge is -1.99. The summed E-state index contributed by atoms with van der Waals surface area (Å²) < 4.78 is 0.314. The number of carbonyl (C=O) groups excluding carboxylic acids is 1. The van der Waals surface area contributed by atoms with E-state index in [1.807, 2.05) is 0 Å². The number of primary amides is 1. The van der Waals surface area contributed by atoms with Crippen LogP contribution in [0.5, 0.6) is 0 Å². The van der Waals surface area contributed by atoms with E-state index in [1.165, 1.54) is 4.80 Å². The second-order valence-corrected chi connectivity index (χ2v) is 2.41. The van der Waals surface area contributed by atoms with Crippen molar-refractivity contribution in [2.45, 2.75) is 6.54 Å². The van der Waals surface area contributed by atoms with Crippen molar-refractivity contribution in [2.75, 3.05) is 6.54 Å². The maximum atomic E-state index is 10.2. The molecule has 8 heteroatoms. The van der Waals surface area contributed by atoms with Crippen molar-refractivity contribution in [3.63, 3.8) is 0 Å². The van der Waals surface area contributed by atoms with Crippen LogP contribution in [0.25, 0.3) is 0 Å². The van der Waals surface area contributed by atoms with E-state index in [-0.39, 0.29) is 0 Å². The lowest BCUT2D eigenvalue weighted by molar-refractivity contribution is 0.248. The summed E-state index contributed by atoms with van der Waals surface area (Å²) in [6.45, 7) is 0.858. The van der Waals surface area contributed by atoms with E-state index in [4.69, 9.17) is 5.73 Å². The van der Waals surface area contributed by atoms with Gasteiger partial charge in [-0.2, -0.15) is 4.80 Å². The van der Waals surface area contributed by atoms with Crippen molar-refractivity contribution in [1.29, 1.82) is 0 Å². The van der Waals surface area contributed by atoms with Crippen LogP contribution >= 0.6 is 12.2 Å². The fraction of sp³-hybridized carbons (Fsp3) is 0.500. The molecule has 0 aromatic carbocycles. The SMILES string of the molecule is NC(=O)NCCn1nnc(=S)[nH]1. The molecule has 0 aliphatic rings. The van der Waals surface area contributed by atoms with E-state index in [2.05, 4.69) is 32.9 Å². The van der Waals surface area contributed by atoms with Crippen molar-refractivity contribution in [1.82, 2.24) is 25.5 Å². The highest BCUT2D eigenvalue weighted by Gasteiger charge is 1.93. The van der Waals surface area contributed by atoms with E-state index >= 15 is 0 Å². The summed E-state index contributed by atoms with van der Waals surface area (Å²) in [5.41, 5.74) is 4.84. The highest BCUT2D eigenvalue weighted by molar-refractivity contribution is 7.71. The Morgan fingerprint density at radius 1 is 1.83 bits per heavy atom. The Hall–Kier alpha value is -1.44. The largest absolute Gasteiger partial charge is 0.352 e. The van der Waals surface area contributed by atoms with E-state index in [1.54, 1.807) is 0 Å². The number of hydrogen-bond donors (Lipinski definition) is 3. The third-order valence-electron chi connectivity index (χ3n) is 1.09. The average molecular weight is 188 g/mol. The monoisotopic (exact) mass is 188 g/mol. The Bertz CT molecular complexity index is 315. The van der Waals surface area contributed by atoms with Crippen molar-refractivity contribution in [3.8, 4) is 0 Å². The van der Waals surface area contributed by atoms with Gasteiger partial charge in [-0.3, -0.25) is 5.10 Å². The molecule has 1 aromatic heterocycles.